The summed E-state index contributed by atoms with van der Waals surface area (Å²) >= 11 is 12.0. The SMILES string of the molecule is C=CCN1C(=O)N[C@@H](c2ccc(Cl)c(Cl)c2)C(C(=O)OC)=C1C. The Labute approximate surface area is 144 Å². The molecule has 122 valence electrons. The zero-order valence-corrected chi connectivity index (χ0v) is 14.2. The first-order valence-electron chi connectivity index (χ1n) is 6.83. The molecule has 0 saturated carbocycles. The van der Waals surface area contributed by atoms with Gasteiger partial charge in [0.2, 0.25) is 0 Å². The molecule has 2 rings (SSSR count). The molecule has 5 nitrogen and oxygen atoms in total. The third kappa shape index (κ3) is 3.35. The number of hydrogen-bond acceptors (Lipinski definition) is 3. The summed E-state index contributed by atoms with van der Waals surface area (Å²) in [5.41, 5.74) is 1.50. The maximum absolute atomic E-state index is 12.3. The Morgan fingerprint density at radius 3 is 2.70 bits per heavy atom. The third-order valence-electron chi connectivity index (χ3n) is 3.59. The largest absolute Gasteiger partial charge is 0.466 e. The van der Waals surface area contributed by atoms with E-state index in [4.69, 9.17) is 27.9 Å². The van der Waals surface area contributed by atoms with Crippen LogP contribution in [-0.2, 0) is 9.53 Å². The van der Waals surface area contributed by atoms with Gasteiger partial charge in [0.05, 0.1) is 28.8 Å². The van der Waals surface area contributed by atoms with Crippen LogP contribution in [0.15, 0.2) is 42.1 Å². The lowest BCUT2D eigenvalue weighted by Gasteiger charge is -2.34. The molecule has 1 N–H and O–H groups in total. The van der Waals surface area contributed by atoms with Crippen LogP contribution in [-0.4, -0.2) is 30.6 Å². The molecule has 1 aromatic rings. The molecule has 0 aliphatic carbocycles. The monoisotopic (exact) mass is 354 g/mol. The van der Waals surface area contributed by atoms with E-state index in [0.29, 0.717) is 26.9 Å². The molecule has 0 fully saturated rings. The van der Waals surface area contributed by atoms with Gasteiger partial charge in [-0.2, -0.15) is 0 Å². The Hall–Kier alpha value is -1.98. The predicted octanol–water partition coefficient (Wildman–Crippen LogP) is 3.69. The average Bonchev–Trinajstić information content (AvgIpc) is 2.53. The Morgan fingerprint density at radius 1 is 1.43 bits per heavy atom. The van der Waals surface area contributed by atoms with Crippen molar-refractivity contribution in [2.45, 2.75) is 13.0 Å². The second kappa shape index (κ2) is 7.06. The molecule has 1 aromatic carbocycles. The van der Waals surface area contributed by atoms with Gasteiger partial charge in [-0.1, -0.05) is 35.3 Å². The van der Waals surface area contributed by atoms with Crippen molar-refractivity contribution < 1.29 is 14.3 Å². The fourth-order valence-corrected chi connectivity index (χ4v) is 2.75. The molecule has 7 heteroatoms. The number of nitrogens with zero attached hydrogens (tertiary/aromatic N) is 1. The number of nitrogens with one attached hydrogen (secondary N) is 1. The van der Waals surface area contributed by atoms with Gasteiger partial charge in [0.15, 0.2) is 0 Å². The number of rotatable bonds is 4. The summed E-state index contributed by atoms with van der Waals surface area (Å²) in [6, 6.07) is 3.95. The smallest absolute Gasteiger partial charge is 0.337 e. The summed E-state index contributed by atoms with van der Waals surface area (Å²) in [7, 11) is 1.29. The van der Waals surface area contributed by atoms with Crippen LogP contribution in [0.3, 0.4) is 0 Å². The lowest BCUT2D eigenvalue weighted by atomic mass is 9.95. The number of carbonyl (C=O) groups excluding carboxylic acids is 2. The Kier molecular flexibility index (Phi) is 5.34. The van der Waals surface area contributed by atoms with E-state index in [9.17, 15) is 9.59 Å². The van der Waals surface area contributed by atoms with E-state index in [2.05, 4.69) is 11.9 Å². The number of halogens is 2. The van der Waals surface area contributed by atoms with Crippen LogP contribution < -0.4 is 5.32 Å². The van der Waals surface area contributed by atoms with Gasteiger partial charge >= 0.3 is 12.0 Å². The number of hydrogen-bond donors (Lipinski definition) is 1. The Balaban J connectivity index is 2.56. The average molecular weight is 355 g/mol. The Bertz CT molecular complexity index is 701. The van der Waals surface area contributed by atoms with Crippen LogP contribution in [0.1, 0.15) is 18.5 Å². The molecule has 1 aliphatic heterocycles. The molecule has 1 heterocycles. The van der Waals surface area contributed by atoms with Crippen LogP contribution in [0.25, 0.3) is 0 Å². The molecule has 0 bridgehead atoms. The molecule has 0 aromatic heterocycles. The van der Waals surface area contributed by atoms with Gasteiger partial charge in [0, 0.05) is 12.2 Å². The van der Waals surface area contributed by atoms with Gasteiger partial charge in [-0.25, -0.2) is 9.59 Å². The summed E-state index contributed by atoms with van der Waals surface area (Å²) in [5.74, 6) is -0.521. The zero-order valence-electron chi connectivity index (χ0n) is 12.7. The number of benzene rings is 1. The normalized spacial score (nSPS) is 17.8. The fourth-order valence-electron chi connectivity index (χ4n) is 2.45. The van der Waals surface area contributed by atoms with Crippen molar-refractivity contribution in [2.75, 3.05) is 13.7 Å². The molecular formula is C16H16Cl2N2O3. The van der Waals surface area contributed by atoms with E-state index < -0.39 is 12.0 Å². The van der Waals surface area contributed by atoms with E-state index in [0.717, 1.165) is 0 Å². The second-order valence-corrected chi connectivity index (χ2v) is 5.76. The molecule has 0 spiro atoms. The predicted molar refractivity (Wildman–Crippen MR) is 89.4 cm³/mol. The topological polar surface area (TPSA) is 58.6 Å². The Morgan fingerprint density at radius 2 is 2.13 bits per heavy atom. The standard InChI is InChI=1S/C16H16Cl2N2O3/c1-4-7-20-9(2)13(15(21)23-3)14(19-16(20)22)10-5-6-11(17)12(18)8-10/h4-6,8,14H,1,7H2,2-3H3,(H,19,22)/t14-/m0/s1. The molecule has 1 atom stereocenters. The molecule has 0 unspecified atom stereocenters. The van der Waals surface area contributed by atoms with Crippen LogP contribution >= 0.6 is 23.2 Å². The number of carbonyl (C=O) groups is 2. The van der Waals surface area contributed by atoms with Crippen LogP contribution in [0.4, 0.5) is 4.79 Å². The fraction of sp³-hybridized carbons (Fsp3) is 0.250. The highest BCUT2D eigenvalue weighted by Gasteiger charge is 2.35. The summed E-state index contributed by atoms with van der Waals surface area (Å²) in [6.07, 6.45) is 1.58. The van der Waals surface area contributed by atoms with Crippen molar-refractivity contribution in [1.82, 2.24) is 10.2 Å². The number of amides is 2. The number of methoxy groups -OCH3 is 1. The quantitative estimate of drug-likeness (QED) is 0.662. The van der Waals surface area contributed by atoms with Crippen LogP contribution in [0.5, 0.6) is 0 Å². The van der Waals surface area contributed by atoms with Gasteiger partial charge in [0.25, 0.3) is 0 Å². The van der Waals surface area contributed by atoms with Crippen LogP contribution in [0.2, 0.25) is 10.0 Å². The van der Waals surface area contributed by atoms with E-state index in [-0.39, 0.29) is 12.6 Å². The first kappa shape index (κ1) is 17.4. The highest BCUT2D eigenvalue weighted by atomic mass is 35.5. The van der Waals surface area contributed by atoms with Crippen LogP contribution in [0, 0.1) is 0 Å². The molecule has 23 heavy (non-hydrogen) atoms. The summed E-state index contributed by atoms with van der Waals surface area (Å²) in [5, 5.41) is 3.52. The molecular weight excluding hydrogens is 339 g/mol. The molecule has 2 amide bonds. The third-order valence-corrected chi connectivity index (χ3v) is 4.33. The first-order chi connectivity index (χ1) is 10.9. The summed E-state index contributed by atoms with van der Waals surface area (Å²) in [4.78, 5) is 26.0. The van der Waals surface area contributed by atoms with Gasteiger partial charge in [-0.05, 0) is 24.6 Å². The molecule has 0 saturated heterocycles. The lowest BCUT2D eigenvalue weighted by Crippen LogP contribution is -2.48. The number of urea groups is 1. The highest BCUT2D eigenvalue weighted by Crippen LogP contribution is 2.34. The van der Waals surface area contributed by atoms with Gasteiger partial charge < -0.3 is 10.1 Å². The van der Waals surface area contributed by atoms with Crippen molar-refractivity contribution >= 4 is 35.2 Å². The highest BCUT2D eigenvalue weighted by molar-refractivity contribution is 6.42. The van der Waals surface area contributed by atoms with Crippen molar-refractivity contribution in [3.8, 4) is 0 Å². The van der Waals surface area contributed by atoms with Gasteiger partial charge in [-0.15, -0.1) is 6.58 Å². The molecule has 0 radical (unpaired) electrons. The molecule has 1 aliphatic rings. The summed E-state index contributed by atoms with van der Waals surface area (Å²) < 4.78 is 4.87. The number of allylic oxidation sites excluding steroid dienone is 1. The number of ether oxygens (including phenoxy) is 1. The number of esters is 1. The first-order valence-corrected chi connectivity index (χ1v) is 7.59. The second-order valence-electron chi connectivity index (χ2n) is 4.95. The minimum Gasteiger partial charge on any atom is -0.466 e. The summed E-state index contributed by atoms with van der Waals surface area (Å²) in [6.45, 7) is 5.60. The maximum Gasteiger partial charge on any atom is 0.337 e. The minimum absolute atomic E-state index is 0.284. The van der Waals surface area contributed by atoms with E-state index >= 15 is 0 Å². The van der Waals surface area contributed by atoms with Crippen molar-refractivity contribution in [3.05, 3.63) is 57.7 Å². The van der Waals surface area contributed by atoms with E-state index in [1.165, 1.54) is 12.0 Å². The maximum atomic E-state index is 12.3. The van der Waals surface area contributed by atoms with E-state index in [1.54, 1.807) is 31.2 Å². The van der Waals surface area contributed by atoms with Crippen molar-refractivity contribution in [1.29, 1.82) is 0 Å². The van der Waals surface area contributed by atoms with Crippen molar-refractivity contribution in [3.63, 3.8) is 0 Å². The van der Waals surface area contributed by atoms with Gasteiger partial charge in [0.1, 0.15) is 0 Å². The minimum atomic E-state index is -0.661. The lowest BCUT2D eigenvalue weighted by molar-refractivity contribution is -0.136. The van der Waals surface area contributed by atoms with Crippen molar-refractivity contribution in [2.24, 2.45) is 0 Å². The zero-order chi connectivity index (χ0) is 17.1. The van der Waals surface area contributed by atoms with Gasteiger partial charge in [-0.3, -0.25) is 4.90 Å². The van der Waals surface area contributed by atoms with E-state index in [1.807, 2.05) is 0 Å².